The van der Waals surface area contributed by atoms with Crippen LogP contribution in [0.1, 0.15) is 36.1 Å². The van der Waals surface area contributed by atoms with Gasteiger partial charge in [-0.15, -0.1) is 6.42 Å². The third-order valence-electron chi connectivity index (χ3n) is 5.55. The van der Waals surface area contributed by atoms with E-state index in [1.165, 1.54) is 4.68 Å². The van der Waals surface area contributed by atoms with Crippen LogP contribution in [0, 0.1) is 26.2 Å². The summed E-state index contributed by atoms with van der Waals surface area (Å²) in [4.78, 5) is 17.9. The number of benzene rings is 2. The molecule has 4 rings (SSSR count). The molecule has 4 aromatic rings. The highest BCUT2D eigenvalue weighted by Crippen LogP contribution is 2.22. The molecule has 2 aromatic carbocycles. The van der Waals surface area contributed by atoms with Gasteiger partial charge < -0.3 is 9.30 Å². The number of hydrogen-bond donors (Lipinski definition) is 0. The molecule has 0 aliphatic heterocycles. The second-order valence-electron chi connectivity index (χ2n) is 7.95. The van der Waals surface area contributed by atoms with Gasteiger partial charge in [0.05, 0.1) is 17.1 Å². The number of fused-ring (bicyclic) bond motifs is 1. The van der Waals surface area contributed by atoms with E-state index in [2.05, 4.69) is 44.5 Å². The lowest BCUT2D eigenvalue weighted by Crippen LogP contribution is -2.22. The van der Waals surface area contributed by atoms with Crippen LogP contribution in [0.5, 0.6) is 5.75 Å². The Labute approximate surface area is 207 Å². The van der Waals surface area contributed by atoms with Gasteiger partial charge in [-0.2, -0.15) is 9.78 Å². The van der Waals surface area contributed by atoms with Gasteiger partial charge in [0.25, 0.3) is 5.56 Å². The van der Waals surface area contributed by atoms with Crippen LogP contribution >= 0.6 is 15.9 Å². The molecule has 0 aliphatic carbocycles. The van der Waals surface area contributed by atoms with Gasteiger partial charge in [-0.1, -0.05) is 28.8 Å². The lowest BCUT2D eigenvalue weighted by Gasteiger charge is -2.11. The lowest BCUT2D eigenvalue weighted by molar-refractivity contribution is 0.370. The zero-order valence-corrected chi connectivity index (χ0v) is 21.0. The van der Waals surface area contributed by atoms with E-state index in [9.17, 15) is 4.79 Å². The van der Waals surface area contributed by atoms with Gasteiger partial charge in [-0.25, -0.2) is 4.98 Å². The molecule has 6 nitrogen and oxygen atoms in total. The molecule has 0 saturated carbocycles. The first-order valence-corrected chi connectivity index (χ1v) is 11.8. The van der Waals surface area contributed by atoms with Crippen LogP contribution in [-0.4, -0.2) is 27.0 Å². The number of hydrogen-bond acceptors (Lipinski definition) is 4. The minimum Gasteiger partial charge on any atom is -0.481 e. The Bertz CT molecular complexity index is 1470. The van der Waals surface area contributed by atoms with E-state index in [0.717, 1.165) is 39.3 Å². The molecule has 0 saturated heterocycles. The van der Waals surface area contributed by atoms with E-state index in [1.807, 2.05) is 50.2 Å². The normalized spacial score (nSPS) is 11.3. The van der Waals surface area contributed by atoms with Gasteiger partial charge in [0, 0.05) is 33.5 Å². The Balaban J connectivity index is 1.73. The topological polar surface area (TPSA) is 61.4 Å². The van der Waals surface area contributed by atoms with E-state index < -0.39 is 0 Å². The van der Waals surface area contributed by atoms with Crippen molar-refractivity contribution in [2.24, 2.45) is 5.10 Å². The number of terminal acetylenes is 1. The molecule has 7 heteroatoms. The minimum absolute atomic E-state index is 0.178. The van der Waals surface area contributed by atoms with Gasteiger partial charge in [-0.05, 0) is 68.8 Å². The fourth-order valence-corrected chi connectivity index (χ4v) is 4.31. The summed E-state index contributed by atoms with van der Waals surface area (Å²) in [6.07, 6.45) is 8.51. The summed E-state index contributed by atoms with van der Waals surface area (Å²) < 4.78 is 9.86. The molecule has 2 heterocycles. The first kappa shape index (κ1) is 23.5. The van der Waals surface area contributed by atoms with E-state index in [4.69, 9.17) is 16.1 Å². The second-order valence-corrected chi connectivity index (χ2v) is 8.87. The Morgan fingerprint density at radius 1 is 1.18 bits per heavy atom. The van der Waals surface area contributed by atoms with Crippen molar-refractivity contribution in [1.82, 2.24) is 14.2 Å². The first-order chi connectivity index (χ1) is 16.4. The minimum atomic E-state index is -0.178. The van der Waals surface area contributed by atoms with Crippen molar-refractivity contribution in [3.63, 3.8) is 0 Å². The Morgan fingerprint density at radius 3 is 2.65 bits per heavy atom. The molecule has 0 unspecified atom stereocenters. The maximum absolute atomic E-state index is 13.2. The number of aromatic nitrogens is 3. The summed E-state index contributed by atoms with van der Waals surface area (Å²) in [5.74, 6) is 3.84. The lowest BCUT2D eigenvalue weighted by atomic mass is 10.2. The number of rotatable bonds is 7. The quantitative estimate of drug-likeness (QED) is 0.243. The molecule has 0 N–H and O–H groups in total. The van der Waals surface area contributed by atoms with Crippen molar-refractivity contribution < 1.29 is 4.74 Å². The predicted octanol–water partition coefficient (Wildman–Crippen LogP) is 5.41. The van der Waals surface area contributed by atoms with Crippen LogP contribution in [0.3, 0.4) is 0 Å². The maximum Gasteiger partial charge on any atom is 0.282 e. The zero-order valence-electron chi connectivity index (χ0n) is 19.4. The van der Waals surface area contributed by atoms with E-state index in [0.29, 0.717) is 23.1 Å². The number of nitrogens with zero attached hydrogens (tertiary/aromatic N) is 4. The highest BCUT2D eigenvalue weighted by molar-refractivity contribution is 9.10. The molecular weight excluding hydrogens is 492 g/mol. The van der Waals surface area contributed by atoms with Gasteiger partial charge >= 0.3 is 0 Å². The van der Waals surface area contributed by atoms with Gasteiger partial charge in [0.15, 0.2) is 0 Å². The van der Waals surface area contributed by atoms with Crippen LogP contribution < -0.4 is 10.3 Å². The molecule has 0 fully saturated rings. The van der Waals surface area contributed by atoms with Crippen LogP contribution in [0.15, 0.2) is 62.9 Å². The SMILES string of the molecule is C#CCOc1ccc(-n2c(C)cc(C=Nn3c(CCC)nc4ccc(Br)cc4c3=O)c2C)cc1. The van der Waals surface area contributed by atoms with E-state index >= 15 is 0 Å². The van der Waals surface area contributed by atoms with Crippen molar-refractivity contribution in [2.75, 3.05) is 6.61 Å². The fourth-order valence-electron chi connectivity index (χ4n) is 3.95. The predicted molar refractivity (Wildman–Crippen MR) is 140 cm³/mol. The Kier molecular flexibility index (Phi) is 6.99. The largest absolute Gasteiger partial charge is 0.481 e. The van der Waals surface area contributed by atoms with Crippen molar-refractivity contribution in [3.05, 3.63) is 86.1 Å². The second kappa shape index (κ2) is 10.1. The molecule has 2 aromatic heterocycles. The molecule has 172 valence electrons. The van der Waals surface area contributed by atoms with Crippen molar-refractivity contribution >= 4 is 33.0 Å². The Hall–Kier alpha value is -3.63. The first-order valence-electron chi connectivity index (χ1n) is 11.0. The average molecular weight is 517 g/mol. The Morgan fingerprint density at radius 2 is 1.94 bits per heavy atom. The molecule has 0 spiro atoms. The molecule has 0 atom stereocenters. The van der Waals surface area contributed by atoms with Crippen molar-refractivity contribution in [2.45, 2.75) is 33.6 Å². The van der Waals surface area contributed by atoms with E-state index in [1.54, 1.807) is 12.3 Å². The fraction of sp³-hybridized carbons (Fsp3) is 0.222. The summed E-state index contributed by atoms with van der Waals surface area (Å²) in [7, 11) is 0. The maximum atomic E-state index is 13.2. The molecular formula is C27H25BrN4O2. The highest BCUT2D eigenvalue weighted by Gasteiger charge is 2.13. The van der Waals surface area contributed by atoms with Gasteiger partial charge in [0.2, 0.25) is 0 Å². The average Bonchev–Trinajstić information content (AvgIpc) is 3.11. The molecule has 0 bridgehead atoms. The smallest absolute Gasteiger partial charge is 0.282 e. The summed E-state index contributed by atoms with van der Waals surface area (Å²) in [6.45, 7) is 6.36. The van der Waals surface area contributed by atoms with Crippen LogP contribution in [0.4, 0.5) is 0 Å². The third kappa shape index (κ3) is 4.68. The van der Waals surface area contributed by atoms with Gasteiger partial charge in [-0.3, -0.25) is 4.79 Å². The third-order valence-corrected chi connectivity index (χ3v) is 6.04. The zero-order chi connectivity index (χ0) is 24.2. The standard InChI is InChI=1S/C27H25BrN4O2/c1-5-7-26-30-25-13-8-21(28)16-24(25)27(33)32(26)29-17-20-15-18(3)31(19(20)4)22-9-11-23(12-10-22)34-14-6-2/h2,8-13,15-17H,5,7,14H2,1,3-4H3. The summed E-state index contributed by atoms with van der Waals surface area (Å²) in [6, 6.07) is 15.4. The van der Waals surface area contributed by atoms with Crippen LogP contribution in [-0.2, 0) is 6.42 Å². The van der Waals surface area contributed by atoms with E-state index in [-0.39, 0.29) is 12.2 Å². The number of ether oxygens (including phenoxy) is 1. The molecule has 0 radical (unpaired) electrons. The monoisotopic (exact) mass is 516 g/mol. The highest BCUT2D eigenvalue weighted by atomic mass is 79.9. The summed E-state index contributed by atoms with van der Waals surface area (Å²) in [5, 5.41) is 5.11. The number of aryl methyl sites for hydroxylation is 2. The molecule has 0 amide bonds. The van der Waals surface area contributed by atoms with Crippen molar-refractivity contribution in [3.8, 4) is 23.8 Å². The summed E-state index contributed by atoms with van der Waals surface area (Å²) >= 11 is 3.44. The number of halogens is 1. The van der Waals surface area contributed by atoms with Crippen LogP contribution in [0.25, 0.3) is 16.6 Å². The van der Waals surface area contributed by atoms with Crippen LogP contribution in [0.2, 0.25) is 0 Å². The molecule has 34 heavy (non-hydrogen) atoms. The van der Waals surface area contributed by atoms with Gasteiger partial charge in [0.1, 0.15) is 18.2 Å². The summed E-state index contributed by atoms with van der Waals surface area (Å²) in [5.41, 5.74) is 4.49. The molecule has 0 aliphatic rings. The van der Waals surface area contributed by atoms with Crippen molar-refractivity contribution in [1.29, 1.82) is 0 Å².